The van der Waals surface area contributed by atoms with Gasteiger partial charge in [0, 0.05) is 25.0 Å². The van der Waals surface area contributed by atoms with Gasteiger partial charge in [0.05, 0.1) is 20.1 Å². The summed E-state index contributed by atoms with van der Waals surface area (Å²) in [5.74, 6) is 0. The Morgan fingerprint density at radius 2 is 2.09 bits per heavy atom. The monoisotopic (exact) mass is 353 g/mol. The lowest BCUT2D eigenvalue weighted by Crippen LogP contribution is -2.38. The Labute approximate surface area is 141 Å². The Morgan fingerprint density at radius 1 is 1.35 bits per heavy atom. The van der Waals surface area contributed by atoms with E-state index in [-0.39, 0.29) is 11.5 Å². The van der Waals surface area contributed by atoms with E-state index in [1.165, 1.54) is 4.31 Å². The van der Waals surface area contributed by atoms with Gasteiger partial charge in [-0.15, -0.1) is 11.3 Å². The quantitative estimate of drug-likeness (QED) is 0.921. The molecule has 1 unspecified atom stereocenters. The van der Waals surface area contributed by atoms with E-state index >= 15 is 0 Å². The zero-order valence-electron chi connectivity index (χ0n) is 14.0. The highest BCUT2D eigenvalue weighted by molar-refractivity contribution is 7.89. The number of aromatic nitrogens is 1. The topological polar surface area (TPSA) is 62.3 Å². The van der Waals surface area contributed by atoms with E-state index in [4.69, 9.17) is 0 Å². The van der Waals surface area contributed by atoms with Gasteiger partial charge in [-0.05, 0) is 31.2 Å². The minimum Gasteiger partial charge on any atom is -0.315 e. The van der Waals surface area contributed by atoms with Crippen LogP contribution >= 0.6 is 11.3 Å². The fraction of sp³-hybridized carbons (Fsp3) is 0.562. The molecule has 0 saturated carbocycles. The van der Waals surface area contributed by atoms with Crippen LogP contribution in [-0.2, 0) is 15.4 Å². The number of rotatable bonds is 3. The second-order valence-corrected chi connectivity index (χ2v) is 10.1. The van der Waals surface area contributed by atoms with Crippen LogP contribution in [0.2, 0.25) is 0 Å². The van der Waals surface area contributed by atoms with Gasteiger partial charge in [0.15, 0.2) is 0 Å². The van der Waals surface area contributed by atoms with Gasteiger partial charge < -0.3 is 5.32 Å². The third-order valence-corrected chi connectivity index (χ3v) is 7.58. The van der Waals surface area contributed by atoms with Crippen molar-refractivity contribution >= 4 is 31.6 Å². The van der Waals surface area contributed by atoms with Crippen LogP contribution in [0.15, 0.2) is 23.1 Å². The maximum atomic E-state index is 12.8. The van der Waals surface area contributed by atoms with Gasteiger partial charge in [0.25, 0.3) is 0 Å². The number of nitrogens with zero attached hydrogens (tertiary/aromatic N) is 2. The van der Waals surface area contributed by atoms with E-state index in [2.05, 4.69) is 31.1 Å². The summed E-state index contributed by atoms with van der Waals surface area (Å²) in [5.41, 5.74) is 0.832. The fourth-order valence-electron chi connectivity index (χ4n) is 2.70. The molecule has 5 nitrogen and oxygen atoms in total. The molecule has 23 heavy (non-hydrogen) atoms. The molecule has 0 amide bonds. The molecule has 1 saturated heterocycles. The Morgan fingerprint density at radius 3 is 2.70 bits per heavy atom. The van der Waals surface area contributed by atoms with Crippen LogP contribution in [0.4, 0.5) is 0 Å². The zero-order valence-corrected chi connectivity index (χ0v) is 15.6. The smallest absolute Gasteiger partial charge is 0.243 e. The van der Waals surface area contributed by atoms with Crippen molar-refractivity contribution in [2.45, 2.75) is 43.5 Å². The van der Waals surface area contributed by atoms with Crippen molar-refractivity contribution in [3.63, 3.8) is 0 Å². The van der Waals surface area contributed by atoms with Crippen molar-refractivity contribution in [2.24, 2.45) is 0 Å². The van der Waals surface area contributed by atoms with E-state index in [0.29, 0.717) is 11.4 Å². The summed E-state index contributed by atoms with van der Waals surface area (Å²) in [5, 5.41) is 4.24. The Bertz CT molecular complexity index is 815. The molecule has 1 aromatic carbocycles. The van der Waals surface area contributed by atoms with E-state index in [9.17, 15) is 8.42 Å². The van der Waals surface area contributed by atoms with Crippen molar-refractivity contribution in [1.82, 2.24) is 14.6 Å². The van der Waals surface area contributed by atoms with E-state index in [1.54, 1.807) is 30.5 Å². The van der Waals surface area contributed by atoms with Gasteiger partial charge in [-0.1, -0.05) is 20.8 Å². The highest BCUT2D eigenvalue weighted by atomic mass is 32.2. The van der Waals surface area contributed by atoms with Crippen LogP contribution < -0.4 is 5.32 Å². The molecule has 7 heteroatoms. The molecule has 1 atom stereocenters. The maximum Gasteiger partial charge on any atom is 0.243 e. The largest absolute Gasteiger partial charge is 0.315 e. The Hall–Kier alpha value is -1.02. The Kier molecular flexibility index (Phi) is 4.25. The summed E-state index contributed by atoms with van der Waals surface area (Å²) < 4.78 is 28.1. The van der Waals surface area contributed by atoms with Crippen LogP contribution in [0, 0.1) is 0 Å². The predicted molar refractivity (Wildman–Crippen MR) is 94.5 cm³/mol. The molecule has 2 aromatic rings. The second-order valence-electron chi connectivity index (χ2n) is 7.07. The van der Waals surface area contributed by atoms with Gasteiger partial charge in [-0.25, -0.2) is 13.4 Å². The van der Waals surface area contributed by atoms with Crippen LogP contribution in [0.5, 0.6) is 0 Å². The Balaban J connectivity index is 1.99. The van der Waals surface area contributed by atoms with Crippen molar-refractivity contribution in [3.8, 4) is 0 Å². The standard InChI is InChI=1S/C16H23N3O2S2/c1-16(2,3)15-18-13-6-5-12(9-14(13)22-15)23(20,21)19(4)11-7-8-17-10-11/h5-6,9,11,17H,7-8,10H2,1-4H3. The van der Waals surface area contributed by atoms with Crippen molar-refractivity contribution in [3.05, 3.63) is 23.2 Å². The minimum absolute atomic E-state index is 0.0299. The summed E-state index contributed by atoms with van der Waals surface area (Å²) >= 11 is 1.57. The molecule has 0 bridgehead atoms. The average molecular weight is 354 g/mol. The highest BCUT2D eigenvalue weighted by Gasteiger charge is 2.30. The second kappa shape index (κ2) is 5.81. The minimum atomic E-state index is -3.47. The summed E-state index contributed by atoms with van der Waals surface area (Å²) in [6.07, 6.45) is 0.854. The van der Waals surface area contributed by atoms with Crippen LogP contribution in [0.1, 0.15) is 32.2 Å². The van der Waals surface area contributed by atoms with E-state index in [1.807, 2.05) is 6.07 Å². The third-order valence-electron chi connectivity index (χ3n) is 4.23. The fourth-order valence-corrected chi connectivity index (χ4v) is 5.25. The third kappa shape index (κ3) is 3.15. The van der Waals surface area contributed by atoms with Crippen molar-refractivity contribution in [2.75, 3.05) is 20.1 Å². The molecule has 0 radical (unpaired) electrons. The van der Waals surface area contributed by atoms with E-state index in [0.717, 1.165) is 28.2 Å². The molecule has 126 valence electrons. The molecule has 1 fully saturated rings. The first-order valence-corrected chi connectivity index (χ1v) is 10.0. The lowest BCUT2D eigenvalue weighted by atomic mass is 9.98. The van der Waals surface area contributed by atoms with Gasteiger partial charge in [0.2, 0.25) is 10.0 Å². The predicted octanol–water partition coefficient (Wildman–Crippen LogP) is 2.58. The molecule has 0 spiro atoms. The first kappa shape index (κ1) is 16.8. The average Bonchev–Trinajstić information content (AvgIpc) is 3.14. The number of sulfonamides is 1. The number of hydrogen-bond acceptors (Lipinski definition) is 5. The van der Waals surface area contributed by atoms with Crippen molar-refractivity contribution in [1.29, 1.82) is 0 Å². The number of benzene rings is 1. The highest BCUT2D eigenvalue weighted by Crippen LogP contribution is 2.33. The summed E-state index contributed by atoms with van der Waals surface area (Å²) in [7, 11) is -1.80. The molecule has 2 heterocycles. The van der Waals surface area contributed by atoms with Crippen LogP contribution in [0.3, 0.4) is 0 Å². The SMILES string of the molecule is CN(C1CCNC1)S(=O)(=O)c1ccc2nc(C(C)(C)C)sc2c1. The molecule has 0 aliphatic carbocycles. The summed E-state index contributed by atoms with van der Waals surface area (Å²) in [6.45, 7) is 7.93. The van der Waals surface area contributed by atoms with E-state index < -0.39 is 10.0 Å². The molecular weight excluding hydrogens is 330 g/mol. The van der Waals surface area contributed by atoms with Gasteiger partial charge in [-0.2, -0.15) is 4.31 Å². The van der Waals surface area contributed by atoms with Crippen LogP contribution in [0.25, 0.3) is 10.2 Å². The molecule has 1 aliphatic heterocycles. The first-order valence-electron chi connectivity index (χ1n) is 7.79. The first-order chi connectivity index (χ1) is 10.7. The number of likely N-dealkylation sites (N-methyl/N-ethyl adjacent to an activating group) is 1. The maximum absolute atomic E-state index is 12.8. The van der Waals surface area contributed by atoms with Gasteiger partial charge in [-0.3, -0.25) is 0 Å². The number of fused-ring (bicyclic) bond motifs is 1. The van der Waals surface area contributed by atoms with Crippen LogP contribution in [-0.4, -0.2) is 43.9 Å². The molecule has 1 aromatic heterocycles. The van der Waals surface area contributed by atoms with Gasteiger partial charge >= 0.3 is 0 Å². The number of nitrogens with one attached hydrogen (secondary N) is 1. The molecule has 1 aliphatic rings. The molecule has 3 rings (SSSR count). The number of hydrogen-bond donors (Lipinski definition) is 1. The zero-order chi connectivity index (χ0) is 16.8. The van der Waals surface area contributed by atoms with Gasteiger partial charge in [0.1, 0.15) is 0 Å². The number of thiazole rings is 1. The van der Waals surface area contributed by atoms with Crippen molar-refractivity contribution < 1.29 is 8.42 Å². The lowest BCUT2D eigenvalue weighted by molar-refractivity contribution is 0.388. The molecule has 1 N–H and O–H groups in total. The lowest BCUT2D eigenvalue weighted by Gasteiger charge is -2.23. The summed E-state index contributed by atoms with van der Waals surface area (Å²) in [6, 6.07) is 5.27. The normalized spacial score (nSPS) is 19.8. The summed E-state index contributed by atoms with van der Waals surface area (Å²) in [4.78, 5) is 4.98. The molecular formula is C16H23N3O2S2.